The van der Waals surface area contributed by atoms with Crippen molar-refractivity contribution in [2.45, 2.75) is 31.1 Å². The van der Waals surface area contributed by atoms with Crippen LogP contribution < -0.4 is 9.64 Å². The van der Waals surface area contributed by atoms with E-state index in [1.54, 1.807) is 6.33 Å². The topological polar surface area (TPSA) is 61.7 Å². The first-order valence-electron chi connectivity index (χ1n) is 10.6. The number of likely N-dealkylation sites (tertiary alicyclic amines) is 1. The monoisotopic (exact) mass is 458 g/mol. The maximum Gasteiger partial charge on any atom is 0.140 e. The van der Waals surface area contributed by atoms with Crippen LogP contribution >= 0.6 is 23.2 Å². The zero-order chi connectivity index (χ0) is 21.4. The number of anilines is 1. The van der Waals surface area contributed by atoms with E-state index in [2.05, 4.69) is 19.8 Å². The molecule has 0 bridgehead atoms. The summed E-state index contributed by atoms with van der Waals surface area (Å²) in [6.07, 6.45) is 3.18. The lowest BCUT2D eigenvalue weighted by Crippen LogP contribution is -2.49. The molecule has 3 aromatic rings. The van der Waals surface area contributed by atoms with Crippen LogP contribution in [-0.2, 0) is 0 Å². The molecule has 0 saturated carbocycles. The van der Waals surface area contributed by atoms with Crippen LogP contribution in [0.5, 0.6) is 5.75 Å². The summed E-state index contributed by atoms with van der Waals surface area (Å²) < 4.78 is 6.11. The Morgan fingerprint density at radius 1 is 0.935 bits per heavy atom. The van der Waals surface area contributed by atoms with Crippen LogP contribution in [0.15, 0.2) is 48.8 Å². The number of ether oxygens (including phenoxy) is 1. The molecule has 0 amide bonds. The number of benzene rings is 2. The van der Waals surface area contributed by atoms with E-state index in [1.807, 2.05) is 42.5 Å². The van der Waals surface area contributed by atoms with Crippen LogP contribution in [0.1, 0.15) is 12.8 Å². The number of aliphatic hydroxyl groups is 1. The van der Waals surface area contributed by atoms with Crippen molar-refractivity contribution in [1.82, 2.24) is 14.9 Å². The molecule has 0 radical (unpaired) electrons. The van der Waals surface area contributed by atoms with E-state index in [0.717, 1.165) is 54.9 Å². The summed E-state index contributed by atoms with van der Waals surface area (Å²) >= 11 is 12.1. The molecule has 2 unspecified atom stereocenters. The molecule has 2 saturated heterocycles. The number of hydrogen-bond donors (Lipinski definition) is 1. The fourth-order valence-electron chi connectivity index (χ4n) is 4.60. The number of rotatable bonds is 4. The maximum atomic E-state index is 10.8. The summed E-state index contributed by atoms with van der Waals surface area (Å²) in [5.41, 5.74) is 0.815. The van der Waals surface area contributed by atoms with E-state index in [-0.39, 0.29) is 12.1 Å². The molecule has 5 rings (SSSR count). The second kappa shape index (κ2) is 8.79. The average Bonchev–Trinajstić information content (AvgIpc) is 3.16. The zero-order valence-corrected chi connectivity index (χ0v) is 18.5. The molecule has 6 nitrogen and oxygen atoms in total. The first-order valence-corrected chi connectivity index (χ1v) is 11.3. The molecule has 2 fully saturated rings. The van der Waals surface area contributed by atoms with E-state index in [4.69, 9.17) is 27.9 Å². The van der Waals surface area contributed by atoms with Gasteiger partial charge >= 0.3 is 0 Å². The molecule has 162 valence electrons. The first kappa shape index (κ1) is 20.8. The highest BCUT2D eigenvalue weighted by Gasteiger charge is 2.38. The van der Waals surface area contributed by atoms with Crippen LogP contribution in [0, 0.1) is 0 Å². The van der Waals surface area contributed by atoms with Gasteiger partial charge in [-0.2, -0.15) is 0 Å². The third-order valence-corrected chi connectivity index (χ3v) is 6.69. The second-order valence-corrected chi connectivity index (χ2v) is 9.08. The molecule has 0 spiro atoms. The van der Waals surface area contributed by atoms with Gasteiger partial charge in [-0.25, -0.2) is 9.97 Å². The Morgan fingerprint density at radius 3 is 2.45 bits per heavy atom. The molecule has 2 aliphatic heterocycles. The number of aromatic nitrogens is 2. The van der Waals surface area contributed by atoms with Gasteiger partial charge in [0.2, 0.25) is 0 Å². The fourth-order valence-corrected chi connectivity index (χ4v) is 4.89. The highest BCUT2D eigenvalue weighted by molar-refractivity contribution is 6.31. The molecule has 1 aromatic heterocycles. The molecule has 1 N–H and O–H groups in total. The summed E-state index contributed by atoms with van der Waals surface area (Å²) in [5, 5.41) is 13.1. The number of piperidine rings is 1. The van der Waals surface area contributed by atoms with Crippen LogP contribution in [0.3, 0.4) is 0 Å². The Kier molecular flexibility index (Phi) is 5.89. The molecule has 0 aliphatic carbocycles. The highest BCUT2D eigenvalue weighted by Crippen LogP contribution is 2.30. The predicted octanol–water partition coefficient (Wildman–Crippen LogP) is 4.03. The Bertz CT molecular complexity index is 1060. The SMILES string of the molecule is OC1CN(c2ncnc3cc(Cl)ccc23)CC1N1CCC(Oc2ccc(Cl)cc2)CC1. The van der Waals surface area contributed by atoms with Gasteiger partial charge in [0.05, 0.1) is 17.7 Å². The van der Waals surface area contributed by atoms with Crippen LogP contribution in [0.4, 0.5) is 5.82 Å². The Balaban J connectivity index is 1.23. The van der Waals surface area contributed by atoms with E-state index in [9.17, 15) is 5.11 Å². The third kappa shape index (κ3) is 4.44. The molecule has 3 heterocycles. The maximum absolute atomic E-state index is 10.8. The lowest BCUT2D eigenvalue weighted by Gasteiger charge is -2.36. The summed E-state index contributed by atoms with van der Waals surface area (Å²) in [4.78, 5) is 13.4. The van der Waals surface area contributed by atoms with Crippen LogP contribution in [-0.4, -0.2) is 64.4 Å². The lowest BCUT2D eigenvalue weighted by atomic mass is 10.0. The van der Waals surface area contributed by atoms with Gasteiger partial charge in [0.15, 0.2) is 0 Å². The first-order chi connectivity index (χ1) is 15.1. The minimum Gasteiger partial charge on any atom is -0.490 e. The van der Waals surface area contributed by atoms with Gasteiger partial charge in [-0.3, -0.25) is 4.90 Å². The van der Waals surface area contributed by atoms with Gasteiger partial charge < -0.3 is 14.7 Å². The number of nitrogens with zero attached hydrogens (tertiary/aromatic N) is 4. The fraction of sp³-hybridized carbons (Fsp3) is 0.391. The molecular formula is C23H24Cl2N4O2. The standard InChI is InChI=1S/C23H24Cl2N4O2/c24-15-1-4-17(5-2-15)31-18-7-9-28(10-8-18)21-12-29(13-22(21)30)23-19-6-3-16(25)11-20(19)26-14-27-23/h1-6,11,14,18,21-22,30H,7-10,12-13H2. The molecule has 2 aromatic carbocycles. The largest absolute Gasteiger partial charge is 0.490 e. The van der Waals surface area contributed by atoms with Crippen molar-refractivity contribution in [1.29, 1.82) is 0 Å². The predicted molar refractivity (Wildman–Crippen MR) is 123 cm³/mol. The molecule has 2 aliphatic rings. The Hall–Kier alpha value is -2.12. The van der Waals surface area contributed by atoms with Crippen LogP contribution in [0.25, 0.3) is 10.9 Å². The number of fused-ring (bicyclic) bond motifs is 1. The Morgan fingerprint density at radius 2 is 1.68 bits per heavy atom. The number of aliphatic hydroxyl groups excluding tert-OH is 1. The molecular weight excluding hydrogens is 435 g/mol. The third-order valence-electron chi connectivity index (χ3n) is 6.20. The summed E-state index contributed by atoms with van der Waals surface area (Å²) in [6, 6.07) is 13.2. The lowest BCUT2D eigenvalue weighted by molar-refractivity contribution is 0.0364. The van der Waals surface area contributed by atoms with E-state index >= 15 is 0 Å². The van der Waals surface area contributed by atoms with E-state index < -0.39 is 6.10 Å². The van der Waals surface area contributed by atoms with Crippen molar-refractivity contribution in [3.63, 3.8) is 0 Å². The van der Waals surface area contributed by atoms with Gasteiger partial charge in [-0.1, -0.05) is 23.2 Å². The Labute approximate surface area is 191 Å². The summed E-state index contributed by atoms with van der Waals surface area (Å²) in [6.45, 7) is 3.08. The molecule has 2 atom stereocenters. The van der Waals surface area contributed by atoms with E-state index in [0.29, 0.717) is 16.6 Å². The summed E-state index contributed by atoms with van der Waals surface area (Å²) in [7, 11) is 0. The number of β-amino-alcohol motifs (C(OH)–C–C–N with tert-alkyl or cyclic N) is 1. The zero-order valence-electron chi connectivity index (χ0n) is 17.0. The smallest absolute Gasteiger partial charge is 0.140 e. The average molecular weight is 459 g/mol. The van der Waals surface area contributed by atoms with Crippen molar-refractivity contribution in [2.24, 2.45) is 0 Å². The number of hydrogen-bond acceptors (Lipinski definition) is 6. The van der Waals surface area contributed by atoms with E-state index in [1.165, 1.54) is 0 Å². The van der Waals surface area contributed by atoms with Crippen molar-refractivity contribution in [3.8, 4) is 5.75 Å². The molecule has 31 heavy (non-hydrogen) atoms. The minimum atomic E-state index is -0.425. The second-order valence-electron chi connectivity index (χ2n) is 8.21. The highest BCUT2D eigenvalue weighted by atomic mass is 35.5. The van der Waals surface area contributed by atoms with Gasteiger partial charge in [-0.05, 0) is 55.3 Å². The van der Waals surface area contributed by atoms with Crippen LogP contribution in [0.2, 0.25) is 10.0 Å². The van der Waals surface area contributed by atoms with Gasteiger partial charge in [0.25, 0.3) is 0 Å². The van der Waals surface area contributed by atoms with Gasteiger partial charge in [-0.15, -0.1) is 0 Å². The van der Waals surface area contributed by atoms with Crippen molar-refractivity contribution in [2.75, 3.05) is 31.1 Å². The van der Waals surface area contributed by atoms with Gasteiger partial charge in [0, 0.05) is 41.6 Å². The van der Waals surface area contributed by atoms with Crippen molar-refractivity contribution >= 4 is 39.9 Å². The number of halogens is 2. The quantitative estimate of drug-likeness (QED) is 0.636. The van der Waals surface area contributed by atoms with Crippen molar-refractivity contribution < 1.29 is 9.84 Å². The normalized spacial score (nSPS) is 22.9. The van der Waals surface area contributed by atoms with Crippen molar-refractivity contribution in [3.05, 3.63) is 58.8 Å². The van der Waals surface area contributed by atoms with Gasteiger partial charge in [0.1, 0.15) is 24.0 Å². The summed E-state index contributed by atoms with van der Waals surface area (Å²) in [5.74, 6) is 1.70. The molecule has 8 heteroatoms. The minimum absolute atomic E-state index is 0.0776.